The van der Waals surface area contributed by atoms with Crippen LogP contribution in [0.3, 0.4) is 0 Å². The molecule has 0 aromatic carbocycles. The van der Waals surface area contributed by atoms with Gasteiger partial charge in [-0.1, -0.05) is 0 Å². The molecule has 0 radical (unpaired) electrons. The van der Waals surface area contributed by atoms with Crippen molar-refractivity contribution in [2.24, 2.45) is 5.73 Å². The summed E-state index contributed by atoms with van der Waals surface area (Å²) in [6.45, 7) is 2.11. The van der Waals surface area contributed by atoms with Crippen LogP contribution >= 0.6 is 12.6 Å². The third kappa shape index (κ3) is 4.99. The van der Waals surface area contributed by atoms with E-state index in [1.807, 2.05) is 0 Å². The molecule has 3 heterocycles. The van der Waals surface area contributed by atoms with Gasteiger partial charge in [0.05, 0.1) is 25.1 Å². The number of amides is 1. The Kier molecular flexibility index (Phi) is 7.44. The topological polar surface area (TPSA) is 181 Å². The highest BCUT2D eigenvalue weighted by Gasteiger charge is 2.36. The zero-order valence-electron chi connectivity index (χ0n) is 16.5. The number of carbonyl (C=O) groups excluding carboxylic acids is 1. The average molecular weight is 442 g/mol. The molecule has 1 amide bonds. The van der Waals surface area contributed by atoms with Crippen molar-refractivity contribution in [2.75, 3.05) is 25.0 Å². The second-order valence-corrected chi connectivity index (χ2v) is 7.59. The number of aliphatic hydroxyl groups excluding tert-OH is 3. The number of hydrogen-bond donors (Lipinski definition) is 7. The number of anilines is 1. The molecule has 166 valence electrons. The first kappa shape index (κ1) is 22.7. The van der Waals surface area contributed by atoms with Crippen LogP contribution in [0.15, 0.2) is 11.4 Å². The molecule has 5 atom stereocenters. The van der Waals surface area contributed by atoms with Gasteiger partial charge in [0.1, 0.15) is 22.7 Å². The van der Waals surface area contributed by atoms with E-state index in [0.29, 0.717) is 48.1 Å². The summed E-state index contributed by atoms with van der Waals surface area (Å²) < 4.78 is 7.27. The van der Waals surface area contributed by atoms with Crippen LogP contribution < -0.4 is 16.4 Å². The third-order valence-electron chi connectivity index (χ3n) is 4.80. The van der Waals surface area contributed by atoms with Gasteiger partial charge < -0.3 is 36.4 Å². The molecular weight excluding hydrogens is 414 g/mol. The molecule has 12 nitrogen and oxygen atoms in total. The lowest BCUT2D eigenvalue weighted by Gasteiger charge is -2.17. The quantitative estimate of drug-likeness (QED) is 0.136. The largest absolute Gasteiger partial charge is 0.394 e. The lowest BCUT2D eigenvalue weighted by Crippen LogP contribution is -2.47. The van der Waals surface area contributed by atoms with Crippen LogP contribution in [0.5, 0.6) is 0 Å². The summed E-state index contributed by atoms with van der Waals surface area (Å²) in [7, 11) is 0. The van der Waals surface area contributed by atoms with E-state index in [0.717, 1.165) is 0 Å². The van der Waals surface area contributed by atoms with E-state index >= 15 is 0 Å². The van der Waals surface area contributed by atoms with Crippen LogP contribution in [0.1, 0.15) is 26.0 Å². The molecule has 1 saturated heterocycles. The molecule has 1 fully saturated rings. The van der Waals surface area contributed by atoms with Crippen molar-refractivity contribution in [3.8, 4) is 0 Å². The van der Waals surface area contributed by atoms with E-state index in [4.69, 9.17) is 10.5 Å². The van der Waals surface area contributed by atoms with E-state index in [1.165, 1.54) is 13.3 Å². The average Bonchev–Trinajstić information content (AvgIpc) is 3.30. The van der Waals surface area contributed by atoms with Gasteiger partial charge >= 0.3 is 0 Å². The molecule has 0 bridgehead atoms. The van der Waals surface area contributed by atoms with Crippen LogP contribution in [0.2, 0.25) is 0 Å². The van der Waals surface area contributed by atoms with Gasteiger partial charge in [-0.2, -0.15) is 4.98 Å². The van der Waals surface area contributed by atoms with Gasteiger partial charge in [-0.25, -0.2) is 9.97 Å². The lowest BCUT2D eigenvalue weighted by atomic mass is 10.2. The fraction of sp³-hybridized carbons (Fsp3) is 0.647. The van der Waals surface area contributed by atoms with Crippen LogP contribution in [0.4, 0.5) is 5.95 Å². The number of rotatable bonds is 9. The predicted molar refractivity (Wildman–Crippen MR) is 110 cm³/mol. The predicted octanol–water partition coefficient (Wildman–Crippen LogP) is -1.62. The molecule has 1 aliphatic heterocycles. The Morgan fingerprint density at radius 3 is 2.90 bits per heavy atom. The first-order valence-corrected chi connectivity index (χ1v) is 10.1. The normalized spacial score (nSPS) is 23.5. The number of carbonyl (C=O) groups is 1. The van der Waals surface area contributed by atoms with E-state index in [2.05, 4.69) is 38.2 Å². The summed E-state index contributed by atoms with van der Waals surface area (Å²) in [4.78, 5) is 24.7. The molecule has 2 aromatic heterocycles. The Balaban J connectivity index is 1.61. The van der Waals surface area contributed by atoms with E-state index in [1.54, 1.807) is 4.57 Å². The number of ether oxygens (including phenoxy) is 1. The summed E-state index contributed by atoms with van der Waals surface area (Å²) in [6.07, 6.45) is -0.496. The Labute approximate surface area is 178 Å². The second kappa shape index (κ2) is 9.85. The maximum atomic E-state index is 11.7. The van der Waals surface area contributed by atoms with E-state index in [-0.39, 0.29) is 6.61 Å². The van der Waals surface area contributed by atoms with Crippen molar-refractivity contribution < 1.29 is 24.9 Å². The van der Waals surface area contributed by atoms with Crippen LogP contribution in [0.25, 0.3) is 11.2 Å². The molecule has 0 saturated carbocycles. The van der Waals surface area contributed by atoms with Crippen molar-refractivity contribution in [3.05, 3.63) is 6.33 Å². The van der Waals surface area contributed by atoms with Gasteiger partial charge in [-0.15, -0.1) is 12.6 Å². The number of imidazole rings is 1. The molecule has 3 rings (SSSR count). The van der Waals surface area contributed by atoms with Crippen molar-refractivity contribution in [1.29, 1.82) is 0 Å². The number of nitrogens with two attached hydrogens (primary N) is 1. The molecule has 13 heteroatoms. The Morgan fingerprint density at radius 2 is 2.23 bits per heavy atom. The van der Waals surface area contributed by atoms with Crippen molar-refractivity contribution in [1.82, 2.24) is 24.8 Å². The van der Waals surface area contributed by atoms with Crippen molar-refractivity contribution in [3.63, 3.8) is 0 Å². The molecule has 30 heavy (non-hydrogen) atoms. The third-order valence-corrected chi connectivity index (χ3v) is 5.12. The monoisotopic (exact) mass is 441 g/mol. The molecular formula is C17H27N7O5S. The van der Waals surface area contributed by atoms with Gasteiger partial charge in [0, 0.05) is 19.5 Å². The number of thiol groups is 1. The zero-order chi connectivity index (χ0) is 21.8. The molecule has 3 unspecified atom stereocenters. The lowest BCUT2D eigenvalue weighted by molar-refractivity contribution is -0.124. The zero-order valence-corrected chi connectivity index (χ0v) is 17.4. The SMILES string of the molecule is CC(O)C(N)C(=O)NCCCNc1nc(S)c2ncn([C@@H]3O[C@H](CO)CC3O)c2n1. The number of nitrogens with one attached hydrogen (secondary N) is 2. The van der Waals surface area contributed by atoms with Crippen LogP contribution in [0, 0.1) is 0 Å². The standard InChI is InChI=1S/C17H27N7O5S/c1-8(26)11(18)14(28)19-3-2-4-20-17-22-13-12(15(30)23-17)21-7-24(13)16-10(27)5-9(6-25)29-16/h7-11,16,25-27H,2-6,18H2,1H3,(H,19,28)(H2,20,22,23,30)/t8?,9-,10?,11?,16+/m0/s1. The number of aromatic nitrogens is 4. The maximum absolute atomic E-state index is 11.7. The molecule has 0 spiro atoms. The number of hydrogen-bond acceptors (Lipinski definition) is 11. The highest BCUT2D eigenvalue weighted by Crippen LogP contribution is 2.31. The summed E-state index contributed by atoms with van der Waals surface area (Å²) in [5.41, 5.74) is 6.47. The van der Waals surface area contributed by atoms with Crippen molar-refractivity contribution in [2.45, 2.75) is 55.4 Å². The molecule has 1 aliphatic rings. The number of fused-ring (bicyclic) bond motifs is 1. The Morgan fingerprint density at radius 1 is 1.47 bits per heavy atom. The first-order valence-electron chi connectivity index (χ1n) is 9.65. The fourth-order valence-corrected chi connectivity index (χ4v) is 3.35. The molecule has 7 N–H and O–H groups in total. The summed E-state index contributed by atoms with van der Waals surface area (Å²) in [6, 6.07) is -0.964. The second-order valence-electron chi connectivity index (χ2n) is 7.17. The first-order chi connectivity index (χ1) is 14.3. The fourth-order valence-electron chi connectivity index (χ4n) is 3.10. The summed E-state index contributed by atoms with van der Waals surface area (Å²) in [5.74, 6) is -0.104. The highest BCUT2D eigenvalue weighted by molar-refractivity contribution is 7.80. The summed E-state index contributed by atoms with van der Waals surface area (Å²) in [5, 5.41) is 34.9. The van der Waals surface area contributed by atoms with Gasteiger partial charge in [-0.3, -0.25) is 9.36 Å². The minimum absolute atomic E-state index is 0.182. The van der Waals surface area contributed by atoms with Crippen molar-refractivity contribution >= 4 is 35.6 Å². The molecule has 2 aromatic rings. The Hall–Kier alpha value is -2.03. The highest BCUT2D eigenvalue weighted by atomic mass is 32.1. The number of nitrogens with zero attached hydrogens (tertiary/aromatic N) is 4. The van der Waals surface area contributed by atoms with E-state index in [9.17, 15) is 20.1 Å². The summed E-state index contributed by atoms with van der Waals surface area (Å²) >= 11 is 4.36. The maximum Gasteiger partial charge on any atom is 0.239 e. The van der Waals surface area contributed by atoms with E-state index < -0.39 is 36.5 Å². The Bertz CT molecular complexity index is 880. The minimum Gasteiger partial charge on any atom is -0.394 e. The molecule has 0 aliphatic carbocycles. The van der Waals surface area contributed by atoms with Gasteiger partial charge in [0.15, 0.2) is 11.9 Å². The number of aliphatic hydroxyl groups is 3. The van der Waals surface area contributed by atoms with Gasteiger partial charge in [0.2, 0.25) is 11.9 Å². The minimum atomic E-state index is -0.964. The smallest absolute Gasteiger partial charge is 0.239 e. The van der Waals surface area contributed by atoms with Crippen LogP contribution in [-0.4, -0.2) is 84.8 Å². The van der Waals surface area contributed by atoms with Crippen LogP contribution in [-0.2, 0) is 9.53 Å². The van der Waals surface area contributed by atoms with Gasteiger partial charge in [0.25, 0.3) is 0 Å². The van der Waals surface area contributed by atoms with Gasteiger partial charge in [-0.05, 0) is 13.3 Å².